The van der Waals surface area contributed by atoms with Crippen LogP contribution in [0.15, 0.2) is 30.3 Å². The van der Waals surface area contributed by atoms with Gasteiger partial charge in [0.05, 0.1) is 7.11 Å². The number of nitrogen functional groups attached to an aromatic ring is 1. The number of anilines is 1. The van der Waals surface area contributed by atoms with Crippen LogP contribution >= 0.6 is 0 Å². The van der Waals surface area contributed by atoms with Crippen LogP contribution in [-0.4, -0.2) is 16.5 Å². The molecule has 0 amide bonds. The Balaban J connectivity index is 2.36. The zero-order chi connectivity index (χ0) is 15.1. The van der Waals surface area contributed by atoms with Crippen molar-refractivity contribution in [2.45, 2.75) is 20.8 Å². The van der Waals surface area contributed by atoms with Gasteiger partial charge in [-0.1, -0.05) is 12.1 Å². The number of fused-ring (bicyclic) bond motifs is 1. The fourth-order valence-corrected chi connectivity index (χ4v) is 2.88. The number of nitrogens with zero attached hydrogens (tertiary/aromatic N) is 2. The largest absolute Gasteiger partial charge is 0.496 e. The second kappa shape index (κ2) is 4.81. The van der Waals surface area contributed by atoms with Gasteiger partial charge in [0.25, 0.3) is 0 Å². The maximum Gasteiger partial charge on any atom is 0.139 e. The summed E-state index contributed by atoms with van der Waals surface area (Å²) in [5.41, 5.74) is 12.2. The summed E-state index contributed by atoms with van der Waals surface area (Å²) in [7, 11) is 1.68. The van der Waals surface area contributed by atoms with Gasteiger partial charge in [-0.3, -0.25) is 4.40 Å². The van der Waals surface area contributed by atoms with Gasteiger partial charge in [-0.2, -0.15) is 0 Å². The molecule has 0 saturated heterocycles. The van der Waals surface area contributed by atoms with E-state index in [4.69, 9.17) is 15.5 Å². The van der Waals surface area contributed by atoms with E-state index in [1.54, 1.807) is 7.11 Å². The topological polar surface area (TPSA) is 52.5 Å². The number of benzene rings is 1. The zero-order valence-corrected chi connectivity index (χ0v) is 12.8. The molecule has 108 valence electrons. The molecule has 0 aliphatic carbocycles. The molecule has 0 saturated carbocycles. The Kier molecular flexibility index (Phi) is 3.09. The van der Waals surface area contributed by atoms with Gasteiger partial charge in [0, 0.05) is 11.3 Å². The average molecular weight is 281 g/mol. The lowest BCUT2D eigenvalue weighted by Gasteiger charge is -2.12. The number of nitrogens with two attached hydrogens (primary N) is 1. The Bertz CT molecular complexity index is 834. The maximum atomic E-state index is 6.34. The lowest BCUT2D eigenvalue weighted by molar-refractivity contribution is 0.413. The van der Waals surface area contributed by atoms with Crippen molar-refractivity contribution in [3.05, 3.63) is 47.2 Å². The number of hydrogen-bond acceptors (Lipinski definition) is 3. The Morgan fingerprint density at radius 3 is 2.57 bits per heavy atom. The highest BCUT2D eigenvalue weighted by molar-refractivity contribution is 5.80. The second-order valence-corrected chi connectivity index (χ2v) is 5.37. The van der Waals surface area contributed by atoms with Crippen LogP contribution in [0.1, 0.15) is 16.8 Å². The Morgan fingerprint density at radius 2 is 1.90 bits per heavy atom. The first kappa shape index (κ1) is 13.5. The van der Waals surface area contributed by atoms with E-state index in [2.05, 4.69) is 19.1 Å². The lowest BCUT2D eigenvalue weighted by atomic mass is 10.0. The van der Waals surface area contributed by atoms with Crippen LogP contribution in [0.2, 0.25) is 0 Å². The van der Waals surface area contributed by atoms with Crippen LogP contribution in [0.25, 0.3) is 16.9 Å². The van der Waals surface area contributed by atoms with Gasteiger partial charge >= 0.3 is 0 Å². The van der Waals surface area contributed by atoms with Crippen molar-refractivity contribution in [1.82, 2.24) is 9.38 Å². The Morgan fingerprint density at radius 1 is 1.14 bits per heavy atom. The highest BCUT2D eigenvalue weighted by atomic mass is 16.5. The monoisotopic (exact) mass is 281 g/mol. The molecule has 0 radical (unpaired) electrons. The molecule has 4 nitrogen and oxygen atoms in total. The minimum absolute atomic E-state index is 0.645. The molecule has 2 N–H and O–H groups in total. The van der Waals surface area contributed by atoms with Crippen LogP contribution in [0, 0.1) is 20.8 Å². The summed E-state index contributed by atoms with van der Waals surface area (Å²) in [6, 6.07) is 10.1. The molecular formula is C17H19N3O. The molecule has 0 spiro atoms. The van der Waals surface area contributed by atoms with E-state index in [-0.39, 0.29) is 0 Å². The minimum atomic E-state index is 0.645. The average Bonchev–Trinajstić information content (AvgIpc) is 2.76. The van der Waals surface area contributed by atoms with Gasteiger partial charge in [-0.15, -0.1) is 0 Å². The number of pyridine rings is 1. The molecule has 0 atom stereocenters. The molecule has 2 heterocycles. The maximum absolute atomic E-state index is 6.34. The van der Waals surface area contributed by atoms with Gasteiger partial charge in [0.15, 0.2) is 0 Å². The highest BCUT2D eigenvalue weighted by Gasteiger charge is 2.18. The number of ether oxygens (including phenoxy) is 1. The molecule has 2 aromatic heterocycles. The van der Waals surface area contributed by atoms with Gasteiger partial charge in [0.1, 0.15) is 22.9 Å². The molecule has 3 rings (SSSR count). The number of methoxy groups -OCH3 is 1. The third kappa shape index (κ3) is 2.03. The summed E-state index contributed by atoms with van der Waals surface area (Å²) in [5.74, 6) is 1.47. The zero-order valence-electron chi connectivity index (χ0n) is 12.8. The van der Waals surface area contributed by atoms with E-state index < -0.39 is 0 Å². The predicted octanol–water partition coefficient (Wildman–Crippen LogP) is 3.52. The van der Waals surface area contributed by atoms with E-state index in [1.807, 2.05) is 36.4 Å². The van der Waals surface area contributed by atoms with Crippen molar-refractivity contribution >= 4 is 11.5 Å². The third-order valence-corrected chi connectivity index (χ3v) is 3.75. The molecule has 0 fully saturated rings. The van der Waals surface area contributed by atoms with Gasteiger partial charge in [0.2, 0.25) is 0 Å². The molecule has 21 heavy (non-hydrogen) atoms. The third-order valence-electron chi connectivity index (χ3n) is 3.75. The van der Waals surface area contributed by atoms with Crippen molar-refractivity contribution < 1.29 is 4.74 Å². The first-order valence-electron chi connectivity index (χ1n) is 6.92. The van der Waals surface area contributed by atoms with Crippen molar-refractivity contribution in [2.75, 3.05) is 12.8 Å². The van der Waals surface area contributed by atoms with Crippen molar-refractivity contribution in [2.24, 2.45) is 0 Å². The standard InChI is InChI=1S/C17H19N3O/c1-10-8-11(2)16(21-4)13(9-10)15-17(18)20-12(3)6-5-7-14(20)19-15/h5-9H,18H2,1-4H3. The molecule has 0 aliphatic rings. The fraction of sp³-hybridized carbons (Fsp3) is 0.235. The minimum Gasteiger partial charge on any atom is -0.496 e. The summed E-state index contributed by atoms with van der Waals surface area (Å²) in [6.45, 7) is 6.12. The predicted molar refractivity (Wildman–Crippen MR) is 85.8 cm³/mol. The second-order valence-electron chi connectivity index (χ2n) is 5.37. The van der Waals surface area contributed by atoms with E-state index >= 15 is 0 Å². The first-order chi connectivity index (χ1) is 10.0. The SMILES string of the molecule is COc1c(C)cc(C)cc1-c1nc2cccc(C)n2c1N. The molecular weight excluding hydrogens is 262 g/mol. The summed E-state index contributed by atoms with van der Waals surface area (Å²) in [6.07, 6.45) is 0. The summed E-state index contributed by atoms with van der Waals surface area (Å²) in [4.78, 5) is 4.69. The van der Waals surface area contributed by atoms with E-state index in [0.29, 0.717) is 5.82 Å². The van der Waals surface area contributed by atoms with Crippen LogP contribution < -0.4 is 10.5 Å². The molecule has 1 aromatic carbocycles. The summed E-state index contributed by atoms with van der Waals surface area (Å²) >= 11 is 0. The van der Waals surface area contributed by atoms with Crippen molar-refractivity contribution in [3.8, 4) is 17.0 Å². The van der Waals surface area contributed by atoms with Crippen LogP contribution in [-0.2, 0) is 0 Å². The van der Waals surface area contributed by atoms with Crippen molar-refractivity contribution in [3.63, 3.8) is 0 Å². The number of aromatic nitrogens is 2. The Labute approximate surface area is 124 Å². The summed E-state index contributed by atoms with van der Waals surface area (Å²) < 4.78 is 7.53. The number of rotatable bonds is 2. The lowest BCUT2D eigenvalue weighted by Crippen LogP contribution is -1.99. The molecule has 0 bridgehead atoms. The molecule has 0 unspecified atom stereocenters. The summed E-state index contributed by atoms with van der Waals surface area (Å²) in [5, 5.41) is 0. The number of imidazole rings is 1. The molecule has 0 aliphatic heterocycles. The number of aryl methyl sites for hydroxylation is 3. The van der Waals surface area contributed by atoms with E-state index in [1.165, 1.54) is 0 Å². The van der Waals surface area contributed by atoms with Crippen LogP contribution in [0.4, 0.5) is 5.82 Å². The quantitative estimate of drug-likeness (QED) is 0.782. The van der Waals surface area contributed by atoms with Crippen LogP contribution in [0.5, 0.6) is 5.75 Å². The van der Waals surface area contributed by atoms with Crippen LogP contribution in [0.3, 0.4) is 0 Å². The highest BCUT2D eigenvalue weighted by Crippen LogP contribution is 2.37. The molecule has 4 heteroatoms. The van der Waals surface area contributed by atoms with E-state index in [9.17, 15) is 0 Å². The van der Waals surface area contributed by atoms with Gasteiger partial charge in [-0.25, -0.2) is 4.98 Å². The molecule has 3 aromatic rings. The normalized spacial score (nSPS) is 11.0. The smallest absolute Gasteiger partial charge is 0.139 e. The van der Waals surface area contributed by atoms with E-state index in [0.717, 1.165) is 39.5 Å². The Hall–Kier alpha value is -2.49. The van der Waals surface area contributed by atoms with Gasteiger partial charge in [-0.05, 0) is 50.1 Å². The first-order valence-corrected chi connectivity index (χ1v) is 6.92. The fourth-order valence-electron chi connectivity index (χ4n) is 2.88. The van der Waals surface area contributed by atoms with Gasteiger partial charge < -0.3 is 10.5 Å². The number of hydrogen-bond donors (Lipinski definition) is 1. The van der Waals surface area contributed by atoms with Crippen molar-refractivity contribution in [1.29, 1.82) is 0 Å².